The quantitative estimate of drug-likeness (QED) is 0.651. The van der Waals surface area contributed by atoms with Gasteiger partial charge in [0.05, 0.1) is 0 Å². The van der Waals surface area contributed by atoms with Crippen LogP contribution in [-0.4, -0.2) is 13.2 Å². The van der Waals surface area contributed by atoms with E-state index >= 15 is 0 Å². The van der Waals surface area contributed by atoms with Crippen molar-refractivity contribution in [1.82, 2.24) is 0 Å². The van der Waals surface area contributed by atoms with E-state index in [9.17, 15) is 0 Å². The van der Waals surface area contributed by atoms with E-state index in [1.165, 1.54) is 16.1 Å². The Hall–Kier alpha value is -2.05. The largest absolute Gasteiger partial charge is 0.388 e. The van der Waals surface area contributed by atoms with Crippen LogP contribution in [0.2, 0.25) is 5.02 Å². The molecule has 1 unspecified atom stereocenters. The fourth-order valence-electron chi connectivity index (χ4n) is 2.11. The second-order valence-corrected chi connectivity index (χ2v) is 6.58. The molecular weight excluding hydrogens is 329 g/mol. The van der Waals surface area contributed by atoms with Crippen molar-refractivity contribution in [2.24, 2.45) is 0 Å². The summed E-state index contributed by atoms with van der Waals surface area (Å²) >= 11 is 6.13. The first kappa shape index (κ1) is 19.0. The second kappa shape index (κ2) is 9.86. The summed E-state index contributed by atoms with van der Waals surface area (Å²) in [4.78, 5) is 16.2. The molecule has 2 aromatic carbocycles. The highest BCUT2D eigenvalue weighted by atomic mass is 35.5. The van der Waals surface area contributed by atoms with E-state index < -0.39 is 0 Å². The minimum atomic E-state index is 0.250. The molecule has 0 amide bonds. The molecule has 0 aliphatic heterocycles. The van der Waals surface area contributed by atoms with E-state index in [-0.39, 0.29) is 6.15 Å². The highest BCUT2D eigenvalue weighted by molar-refractivity contribution is 7.30. The smallest absolute Gasteiger partial charge is 0.373 e. The number of benzene rings is 2. The lowest BCUT2D eigenvalue weighted by Gasteiger charge is -2.09. The van der Waals surface area contributed by atoms with Gasteiger partial charge in [-0.15, -0.1) is 8.19 Å². The van der Waals surface area contributed by atoms with Crippen LogP contribution >= 0.6 is 19.8 Å². The van der Waals surface area contributed by atoms with Gasteiger partial charge in [-0.3, -0.25) is 0 Å². The monoisotopic (exact) mass is 347 g/mol. The fourth-order valence-corrected chi connectivity index (χ4v) is 2.97. The van der Waals surface area contributed by atoms with Gasteiger partial charge in [-0.05, 0) is 42.0 Å². The Morgan fingerprint density at radius 1 is 1.04 bits per heavy atom. The third-order valence-corrected chi connectivity index (χ3v) is 4.65. The molecule has 1 aromatic heterocycles. The minimum absolute atomic E-state index is 0.250. The normalized spacial score (nSPS) is 9.39. The van der Waals surface area contributed by atoms with E-state index in [0.717, 1.165) is 24.5 Å². The zero-order valence-corrected chi connectivity index (χ0v) is 15.1. The second-order valence-electron chi connectivity index (χ2n) is 4.76. The van der Waals surface area contributed by atoms with Crippen LogP contribution in [0.25, 0.3) is 10.8 Å². The van der Waals surface area contributed by atoms with E-state index in [4.69, 9.17) is 21.2 Å². The summed E-state index contributed by atoms with van der Waals surface area (Å²) in [6, 6.07) is 14.5. The van der Waals surface area contributed by atoms with Crippen LogP contribution in [0.5, 0.6) is 0 Å². The summed E-state index contributed by atoms with van der Waals surface area (Å²) in [5.74, 6) is 2.19. The Bertz CT molecular complexity index is 779. The molecule has 0 saturated heterocycles. The molecule has 0 saturated carbocycles. The summed E-state index contributed by atoms with van der Waals surface area (Å²) in [6.07, 6.45) is 0.250. The van der Waals surface area contributed by atoms with Crippen LogP contribution < -0.4 is 5.32 Å². The van der Waals surface area contributed by atoms with Crippen LogP contribution in [0.15, 0.2) is 48.3 Å². The van der Waals surface area contributed by atoms with Crippen LogP contribution in [0, 0.1) is 13.8 Å². The van der Waals surface area contributed by atoms with Gasteiger partial charge in [-0.1, -0.05) is 48.0 Å². The van der Waals surface area contributed by atoms with Crippen molar-refractivity contribution in [2.75, 3.05) is 12.4 Å². The molecule has 0 aliphatic carbocycles. The first-order valence-electron chi connectivity index (χ1n) is 7.00. The number of rotatable bonds is 1. The molecule has 0 fully saturated rings. The zero-order valence-electron chi connectivity index (χ0n) is 13.3. The number of aryl methyl sites for hydroxylation is 2. The predicted octanol–water partition coefficient (Wildman–Crippen LogP) is 5.29. The average Bonchev–Trinajstić information content (AvgIpc) is 3.03. The standard InChI is InChI=1S/C12H12ClN.C5H7P.CO2/c1-8-9-5-3-4-6-10(9)12(14-2)7-11(8)13;1-5-3-2-4-6-5;2-1-3/h3-7,14H,1-2H3;2-4,6H,1H3;. The van der Waals surface area contributed by atoms with E-state index in [2.05, 4.69) is 42.3 Å². The van der Waals surface area contributed by atoms with Crippen molar-refractivity contribution < 1.29 is 9.59 Å². The third-order valence-electron chi connectivity index (χ3n) is 3.27. The Labute approximate surface area is 142 Å². The van der Waals surface area contributed by atoms with Gasteiger partial charge in [-0.2, -0.15) is 9.59 Å². The molecule has 3 aromatic rings. The van der Waals surface area contributed by atoms with Crippen LogP contribution in [0.3, 0.4) is 0 Å². The van der Waals surface area contributed by atoms with Crippen molar-refractivity contribution in [2.45, 2.75) is 13.8 Å². The summed E-state index contributed by atoms with van der Waals surface area (Å²) in [6.45, 7) is 4.20. The molecule has 1 N–H and O–H groups in total. The lowest BCUT2D eigenvalue weighted by molar-refractivity contribution is -0.191. The average molecular weight is 348 g/mol. The van der Waals surface area contributed by atoms with Gasteiger partial charge in [0, 0.05) is 23.1 Å². The number of carbonyl (C=O) groups excluding carboxylic acids is 2. The highest BCUT2D eigenvalue weighted by Gasteiger charge is 2.05. The van der Waals surface area contributed by atoms with Crippen LogP contribution in [-0.2, 0) is 9.59 Å². The van der Waals surface area contributed by atoms with Crippen LogP contribution in [0.4, 0.5) is 5.69 Å². The summed E-state index contributed by atoms with van der Waals surface area (Å²) in [7, 11) is 2.87. The van der Waals surface area contributed by atoms with Crippen molar-refractivity contribution in [1.29, 1.82) is 0 Å². The SMILES string of the molecule is CNc1cc(Cl)c(C)c2ccccc12.Cc1ccc[pH]1.O=C=O. The van der Waals surface area contributed by atoms with Gasteiger partial charge in [0.1, 0.15) is 0 Å². The number of anilines is 1. The van der Waals surface area contributed by atoms with Gasteiger partial charge < -0.3 is 5.32 Å². The number of hydrogen-bond acceptors (Lipinski definition) is 3. The van der Waals surface area contributed by atoms with Crippen molar-refractivity contribution in [3.05, 3.63) is 64.1 Å². The Balaban J connectivity index is 0.000000244. The lowest BCUT2D eigenvalue weighted by atomic mass is 10.0. The van der Waals surface area contributed by atoms with Crippen molar-refractivity contribution in [3.8, 4) is 0 Å². The topological polar surface area (TPSA) is 46.2 Å². The van der Waals surface area contributed by atoms with Gasteiger partial charge in [0.15, 0.2) is 0 Å². The number of halogens is 1. The van der Waals surface area contributed by atoms with Crippen LogP contribution in [0.1, 0.15) is 10.9 Å². The molecule has 1 heterocycles. The minimum Gasteiger partial charge on any atom is -0.388 e. The molecule has 3 nitrogen and oxygen atoms in total. The molecule has 23 heavy (non-hydrogen) atoms. The lowest BCUT2D eigenvalue weighted by Crippen LogP contribution is -1.91. The van der Waals surface area contributed by atoms with Gasteiger partial charge >= 0.3 is 6.15 Å². The zero-order chi connectivity index (χ0) is 17.2. The Kier molecular flexibility index (Phi) is 8.15. The first-order valence-corrected chi connectivity index (χ1v) is 8.45. The molecule has 0 aliphatic rings. The third kappa shape index (κ3) is 5.58. The molecule has 0 bridgehead atoms. The maximum atomic E-state index is 8.12. The molecule has 120 valence electrons. The molecule has 1 atom stereocenters. The van der Waals surface area contributed by atoms with Crippen molar-refractivity contribution in [3.63, 3.8) is 0 Å². The summed E-state index contributed by atoms with van der Waals surface area (Å²) in [5.41, 5.74) is 2.22. The molecule has 0 radical (unpaired) electrons. The summed E-state index contributed by atoms with van der Waals surface area (Å²) < 4.78 is 0. The van der Waals surface area contributed by atoms with Gasteiger partial charge in [-0.25, -0.2) is 0 Å². The fraction of sp³-hybridized carbons (Fsp3) is 0.167. The number of fused-ring (bicyclic) bond motifs is 1. The van der Waals surface area contributed by atoms with Crippen molar-refractivity contribution >= 4 is 42.4 Å². The van der Waals surface area contributed by atoms with E-state index in [1.807, 2.05) is 32.2 Å². The number of hydrogen-bond donors (Lipinski definition) is 1. The molecule has 5 heteroatoms. The predicted molar refractivity (Wildman–Crippen MR) is 98.9 cm³/mol. The van der Waals surface area contributed by atoms with E-state index in [0.29, 0.717) is 0 Å². The first-order chi connectivity index (χ1) is 11.0. The number of nitrogens with one attached hydrogen (secondary N) is 1. The Morgan fingerprint density at radius 3 is 2.09 bits per heavy atom. The summed E-state index contributed by atoms with van der Waals surface area (Å²) in [5, 5.41) is 7.89. The molecule has 0 spiro atoms. The molecule has 3 rings (SSSR count). The van der Waals surface area contributed by atoms with Gasteiger partial charge in [0.25, 0.3) is 0 Å². The molecular formula is C18H19ClNO2P. The Morgan fingerprint density at radius 2 is 1.65 bits per heavy atom. The maximum Gasteiger partial charge on any atom is 0.373 e. The maximum absolute atomic E-state index is 8.12. The van der Waals surface area contributed by atoms with E-state index in [1.54, 1.807) is 0 Å². The van der Waals surface area contributed by atoms with Gasteiger partial charge in [0.2, 0.25) is 0 Å². The highest BCUT2D eigenvalue weighted by Crippen LogP contribution is 2.31.